The molecule has 1 heterocycles. The molecule has 2 amide bonds. The van der Waals surface area contributed by atoms with Crippen molar-refractivity contribution < 1.29 is 19.4 Å². The van der Waals surface area contributed by atoms with Crippen LogP contribution in [-0.4, -0.2) is 41.7 Å². The van der Waals surface area contributed by atoms with Crippen molar-refractivity contribution >= 4 is 17.7 Å². The summed E-state index contributed by atoms with van der Waals surface area (Å²) in [6, 6.07) is 16.7. The Balaban J connectivity index is 1.52. The predicted octanol–water partition coefficient (Wildman–Crippen LogP) is 4.02. The molecule has 0 spiro atoms. The summed E-state index contributed by atoms with van der Waals surface area (Å²) in [4.78, 5) is 26.3. The molecule has 1 aliphatic heterocycles. The molecule has 154 valence electrons. The molecule has 1 saturated heterocycles. The van der Waals surface area contributed by atoms with Gasteiger partial charge in [0.05, 0.1) is 12.0 Å². The van der Waals surface area contributed by atoms with Crippen molar-refractivity contribution in [3.8, 4) is 5.75 Å². The number of rotatable bonds is 5. The van der Waals surface area contributed by atoms with Crippen molar-refractivity contribution in [1.29, 1.82) is 0 Å². The molecule has 0 radical (unpaired) electrons. The average molecular weight is 396 g/mol. The first-order valence-electron chi connectivity index (χ1n) is 9.93. The Labute approximate surface area is 171 Å². The van der Waals surface area contributed by atoms with Crippen LogP contribution in [0.1, 0.15) is 38.2 Å². The zero-order valence-corrected chi connectivity index (χ0v) is 16.9. The molecule has 0 bridgehead atoms. The van der Waals surface area contributed by atoms with Gasteiger partial charge in [0.2, 0.25) is 5.91 Å². The number of ether oxygens (including phenoxy) is 1. The smallest absolute Gasteiger partial charge is 0.410 e. The maximum Gasteiger partial charge on any atom is 0.417 e. The SMILES string of the molecule is CC(C)(CO)C(=O)N1CCC(c2ccc(NC(=O)Oc3ccccc3)cc2)CC1. The first kappa shape index (κ1) is 20.9. The van der Waals surface area contributed by atoms with Gasteiger partial charge in [-0.05, 0) is 62.4 Å². The molecule has 0 saturated carbocycles. The molecule has 2 aromatic carbocycles. The normalized spacial score (nSPS) is 15.1. The fourth-order valence-electron chi connectivity index (χ4n) is 3.49. The van der Waals surface area contributed by atoms with Gasteiger partial charge in [0.1, 0.15) is 5.75 Å². The number of carbonyl (C=O) groups is 2. The summed E-state index contributed by atoms with van der Waals surface area (Å²) < 4.78 is 5.23. The number of anilines is 1. The van der Waals surface area contributed by atoms with E-state index < -0.39 is 11.5 Å². The van der Waals surface area contributed by atoms with Crippen molar-refractivity contribution in [2.45, 2.75) is 32.6 Å². The van der Waals surface area contributed by atoms with Crippen LogP contribution in [0.3, 0.4) is 0 Å². The average Bonchev–Trinajstić information content (AvgIpc) is 2.74. The second-order valence-corrected chi connectivity index (χ2v) is 8.06. The highest BCUT2D eigenvalue weighted by molar-refractivity contribution is 5.86. The molecule has 1 aliphatic rings. The number of aliphatic hydroxyl groups excluding tert-OH is 1. The number of hydrogen-bond acceptors (Lipinski definition) is 4. The Hall–Kier alpha value is -2.86. The van der Waals surface area contributed by atoms with Gasteiger partial charge >= 0.3 is 6.09 Å². The lowest BCUT2D eigenvalue weighted by Gasteiger charge is -2.36. The van der Waals surface area contributed by atoms with Crippen LogP contribution in [0.15, 0.2) is 54.6 Å². The highest BCUT2D eigenvalue weighted by Gasteiger charge is 2.33. The Morgan fingerprint density at radius 3 is 2.28 bits per heavy atom. The molecule has 0 aliphatic carbocycles. The first-order chi connectivity index (χ1) is 13.9. The van der Waals surface area contributed by atoms with Crippen molar-refractivity contribution in [3.63, 3.8) is 0 Å². The number of benzene rings is 2. The minimum atomic E-state index is -0.728. The lowest BCUT2D eigenvalue weighted by molar-refractivity contribution is -0.143. The van der Waals surface area contributed by atoms with Crippen LogP contribution in [0.2, 0.25) is 0 Å². The second kappa shape index (κ2) is 9.09. The van der Waals surface area contributed by atoms with E-state index in [2.05, 4.69) is 5.32 Å². The number of aliphatic hydroxyl groups is 1. The summed E-state index contributed by atoms with van der Waals surface area (Å²) in [7, 11) is 0. The van der Waals surface area contributed by atoms with E-state index in [0.29, 0.717) is 30.4 Å². The maximum absolute atomic E-state index is 12.5. The summed E-state index contributed by atoms with van der Waals surface area (Å²) in [5.74, 6) is 0.879. The fraction of sp³-hybridized carbons (Fsp3) is 0.391. The van der Waals surface area contributed by atoms with Crippen molar-refractivity contribution in [1.82, 2.24) is 4.90 Å². The number of nitrogens with zero attached hydrogens (tertiary/aromatic N) is 1. The van der Waals surface area contributed by atoms with Crippen LogP contribution in [0.4, 0.5) is 10.5 Å². The Morgan fingerprint density at radius 1 is 1.07 bits per heavy atom. The Bertz CT molecular complexity index is 826. The predicted molar refractivity (Wildman–Crippen MR) is 112 cm³/mol. The minimum absolute atomic E-state index is 0.00919. The van der Waals surface area contributed by atoms with Gasteiger partial charge in [-0.25, -0.2) is 4.79 Å². The summed E-state index contributed by atoms with van der Waals surface area (Å²) in [6.45, 7) is 4.78. The highest BCUT2D eigenvalue weighted by Crippen LogP contribution is 2.31. The van der Waals surface area contributed by atoms with Gasteiger partial charge in [-0.2, -0.15) is 0 Å². The van der Waals surface area contributed by atoms with E-state index in [9.17, 15) is 14.7 Å². The van der Waals surface area contributed by atoms with Gasteiger partial charge in [-0.3, -0.25) is 10.1 Å². The van der Waals surface area contributed by atoms with E-state index >= 15 is 0 Å². The van der Waals surface area contributed by atoms with Gasteiger partial charge in [0, 0.05) is 18.8 Å². The van der Waals surface area contributed by atoms with Crippen molar-refractivity contribution in [2.24, 2.45) is 5.41 Å². The minimum Gasteiger partial charge on any atom is -0.410 e. The highest BCUT2D eigenvalue weighted by atomic mass is 16.6. The third-order valence-electron chi connectivity index (χ3n) is 5.34. The quantitative estimate of drug-likeness (QED) is 0.800. The second-order valence-electron chi connectivity index (χ2n) is 8.06. The van der Waals surface area contributed by atoms with Crippen LogP contribution in [0.5, 0.6) is 5.75 Å². The zero-order chi connectivity index (χ0) is 20.9. The number of likely N-dealkylation sites (tertiary alicyclic amines) is 1. The lowest BCUT2D eigenvalue weighted by atomic mass is 9.87. The molecule has 3 rings (SSSR count). The van der Waals surface area contributed by atoms with Crippen LogP contribution in [-0.2, 0) is 4.79 Å². The largest absolute Gasteiger partial charge is 0.417 e. The molecular formula is C23H28N2O4. The summed E-state index contributed by atoms with van der Waals surface area (Å²) in [6.07, 6.45) is 1.24. The number of piperidine rings is 1. The molecule has 2 aromatic rings. The molecule has 0 unspecified atom stereocenters. The number of para-hydroxylation sites is 1. The van der Waals surface area contributed by atoms with E-state index in [4.69, 9.17) is 4.74 Å². The molecule has 29 heavy (non-hydrogen) atoms. The molecule has 0 atom stereocenters. The van der Waals surface area contributed by atoms with E-state index in [0.717, 1.165) is 12.8 Å². The van der Waals surface area contributed by atoms with Crippen molar-refractivity contribution in [3.05, 3.63) is 60.2 Å². The van der Waals surface area contributed by atoms with Crippen LogP contribution in [0.25, 0.3) is 0 Å². The third-order valence-corrected chi connectivity index (χ3v) is 5.34. The van der Waals surface area contributed by atoms with E-state index in [1.165, 1.54) is 5.56 Å². The molecular weight excluding hydrogens is 368 g/mol. The summed E-state index contributed by atoms with van der Waals surface area (Å²) >= 11 is 0. The summed E-state index contributed by atoms with van der Waals surface area (Å²) in [5.41, 5.74) is 1.14. The topological polar surface area (TPSA) is 78.9 Å². The first-order valence-corrected chi connectivity index (χ1v) is 9.93. The Kier molecular flexibility index (Phi) is 6.54. The van der Waals surface area contributed by atoms with Crippen molar-refractivity contribution in [2.75, 3.05) is 25.0 Å². The number of nitrogens with one attached hydrogen (secondary N) is 1. The maximum atomic E-state index is 12.5. The molecule has 0 aromatic heterocycles. The van der Waals surface area contributed by atoms with Crippen LogP contribution in [0, 0.1) is 5.41 Å². The zero-order valence-electron chi connectivity index (χ0n) is 16.9. The van der Waals surface area contributed by atoms with Gasteiger partial charge in [-0.15, -0.1) is 0 Å². The molecule has 6 heteroatoms. The standard InChI is InChI=1S/C23H28N2O4/c1-23(2,16-26)21(27)25-14-12-18(13-15-25)17-8-10-19(11-9-17)24-22(28)29-20-6-4-3-5-7-20/h3-11,18,26H,12-16H2,1-2H3,(H,24,28). The molecule has 2 N–H and O–H groups in total. The van der Waals surface area contributed by atoms with Gasteiger partial charge in [-0.1, -0.05) is 30.3 Å². The number of hydrogen-bond donors (Lipinski definition) is 2. The monoisotopic (exact) mass is 396 g/mol. The molecule has 1 fully saturated rings. The Morgan fingerprint density at radius 2 is 1.69 bits per heavy atom. The van der Waals surface area contributed by atoms with E-state index in [1.54, 1.807) is 38.1 Å². The van der Waals surface area contributed by atoms with Gasteiger partial charge in [0.25, 0.3) is 0 Å². The summed E-state index contributed by atoms with van der Waals surface area (Å²) in [5, 5.41) is 12.1. The fourth-order valence-corrected chi connectivity index (χ4v) is 3.49. The van der Waals surface area contributed by atoms with Gasteiger partial charge in [0.15, 0.2) is 0 Å². The van der Waals surface area contributed by atoms with Gasteiger partial charge < -0.3 is 14.7 Å². The van der Waals surface area contributed by atoms with Crippen LogP contribution >= 0.6 is 0 Å². The van der Waals surface area contributed by atoms with Crippen LogP contribution < -0.4 is 10.1 Å². The number of amides is 2. The number of carbonyl (C=O) groups excluding carboxylic acids is 2. The van der Waals surface area contributed by atoms with E-state index in [-0.39, 0.29) is 12.5 Å². The van der Waals surface area contributed by atoms with E-state index in [1.807, 2.05) is 35.2 Å². The lowest BCUT2D eigenvalue weighted by Crippen LogP contribution is -2.46. The third kappa shape index (κ3) is 5.35. The molecule has 6 nitrogen and oxygen atoms in total.